The van der Waals surface area contributed by atoms with E-state index in [0.29, 0.717) is 11.0 Å². The van der Waals surface area contributed by atoms with E-state index in [2.05, 4.69) is 32.9 Å². The molecule has 0 saturated heterocycles. The van der Waals surface area contributed by atoms with Crippen LogP contribution in [0.5, 0.6) is 0 Å². The summed E-state index contributed by atoms with van der Waals surface area (Å²) in [7, 11) is 1.72. The zero-order valence-electron chi connectivity index (χ0n) is 10.7. The minimum Gasteiger partial charge on any atom is -0.296 e. The van der Waals surface area contributed by atoms with Crippen LogP contribution in [-0.4, -0.2) is 28.1 Å². The SMILES string of the molecule is CN(C(=O)n1nnc2cc(I)ccc21)c1ccccc1. The Morgan fingerprint density at radius 3 is 2.70 bits per heavy atom. The molecule has 1 aromatic heterocycles. The highest BCUT2D eigenvalue weighted by atomic mass is 127. The lowest BCUT2D eigenvalue weighted by Gasteiger charge is -2.16. The van der Waals surface area contributed by atoms with Gasteiger partial charge in [-0.25, -0.2) is 4.79 Å². The number of nitrogens with zero attached hydrogens (tertiary/aromatic N) is 4. The monoisotopic (exact) mass is 378 g/mol. The predicted octanol–water partition coefficient (Wildman–Crippen LogP) is 3.14. The predicted molar refractivity (Wildman–Crippen MR) is 85.9 cm³/mol. The maximum atomic E-state index is 12.5. The van der Waals surface area contributed by atoms with Crippen molar-refractivity contribution < 1.29 is 4.79 Å². The first-order valence-electron chi connectivity index (χ1n) is 6.01. The van der Waals surface area contributed by atoms with Gasteiger partial charge in [0.25, 0.3) is 0 Å². The number of para-hydroxylation sites is 1. The fraction of sp³-hybridized carbons (Fsp3) is 0.0714. The van der Waals surface area contributed by atoms with Gasteiger partial charge in [-0.3, -0.25) is 4.90 Å². The van der Waals surface area contributed by atoms with Crippen LogP contribution in [-0.2, 0) is 0 Å². The molecular formula is C14H11IN4O. The van der Waals surface area contributed by atoms with Crippen molar-refractivity contribution in [2.45, 2.75) is 0 Å². The molecule has 0 aliphatic heterocycles. The molecule has 3 aromatic rings. The molecule has 0 fully saturated rings. The van der Waals surface area contributed by atoms with Gasteiger partial charge >= 0.3 is 6.03 Å². The van der Waals surface area contributed by atoms with Crippen molar-refractivity contribution in [3.05, 3.63) is 52.1 Å². The van der Waals surface area contributed by atoms with Gasteiger partial charge in [0, 0.05) is 16.3 Å². The number of benzene rings is 2. The van der Waals surface area contributed by atoms with Gasteiger partial charge in [-0.05, 0) is 52.9 Å². The first-order valence-corrected chi connectivity index (χ1v) is 7.09. The Kier molecular flexibility index (Phi) is 3.39. The second-order valence-corrected chi connectivity index (χ2v) is 5.56. The lowest BCUT2D eigenvalue weighted by Crippen LogP contribution is -2.31. The van der Waals surface area contributed by atoms with Gasteiger partial charge in [0.05, 0.1) is 5.52 Å². The van der Waals surface area contributed by atoms with E-state index < -0.39 is 0 Å². The molecule has 0 aliphatic rings. The van der Waals surface area contributed by atoms with Crippen molar-refractivity contribution >= 4 is 45.3 Å². The van der Waals surface area contributed by atoms with Crippen LogP contribution >= 0.6 is 22.6 Å². The molecule has 0 bridgehead atoms. The van der Waals surface area contributed by atoms with Crippen molar-refractivity contribution in [3.8, 4) is 0 Å². The minimum atomic E-state index is -0.236. The number of aromatic nitrogens is 3. The Bertz CT molecular complexity index is 769. The van der Waals surface area contributed by atoms with Gasteiger partial charge in [-0.1, -0.05) is 23.4 Å². The normalized spacial score (nSPS) is 10.7. The molecule has 5 nitrogen and oxygen atoms in total. The standard InChI is InChI=1S/C14H11IN4O/c1-18(11-5-3-2-4-6-11)14(20)19-13-8-7-10(15)9-12(13)16-17-19/h2-9H,1H3. The lowest BCUT2D eigenvalue weighted by atomic mass is 10.3. The summed E-state index contributed by atoms with van der Waals surface area (Å²) in [5.41, 5.74) is 2.23. The van der Waals surface area contributed by atoms with Gasteiger partial charge in [-0.2, -0.15) is 4.68 Å². The summed E-state index contributed by atoms with van der Waals surface area (Å²) in [5.74, 6) is 0. The Morgan fingerprint density at radius 2 is 1.95 bits per heavy atom. The van der Waals surface area contributed by atoms with Crippen LogP contribution in [0.2, 0.25) is 0 Å². The highest BCUT2D eigenvalue weighted by Gasteiger charge is 2.17. The molecule has 0 N–H and O–H groups in total. The number of hydrogen-bond donors (Lipinski definition) is 0. The Balaban J connectivity index is 2.01. The van der Waals surface area contributed by atoms with Gasteiger partial charge in [-0.15, -0.1) is 5.10 Å². The van der Waals surface area contributed by atoms with E-state index in [9.17, 15) is 4.79 Å². The average Bonchev–Trinajstić information content (AvgIpc) is 2.89. The molecule has 1 heterocycles. The van der Waals surface area contributed by atoms with Gasteiger partial charge < -0.3 is 0 Å². The molecule has 0 unspecified atom stereocenters. The van der Waals surface area contributed by atoms with Crippen LogP contribution in [0.1, 0.15) is 0 Å². The van der Waals surface area contributed by atoms with Gasteiger partial charge in [0.1, 0.15) is 5.52 Å². The molecule has 100 valence electrons. The van der Waals surface area contributed by atoms with E-state index in [-0.39, 0.29) is 6.03 Å². The third kappa shape index (κ3) is 2.26. The fourth-order valence-electron chi connectivity index (χ4n) is 1.94. The third-order valence-electron chi connectivity index (χ3n) is 3.02. The van der Waals surface area contributed by atoms with Crippen LogP contribution in [0.4, 0.5) is 10.5 Å². The molecule has 0 radical (unpaired) electrons. The largest absolute Gasteiger partial charge is 0.350 e. The first-order chi connectivity index (χ1) is 9.66. The summed E-state index contributed by atoms with van der Waals surface area (Å²) in [6.45, 7) is 0. The maximum absolute atomic E-state index is 12.5. The fourth-order valence-corrected chi connectivity index (χ4v) is 2.42. The van der Waals surface area contributed by atoms with Crippen LogP contribution in [0, 0.1) is 3.57 Å². The molecule has 0 spiro atoms. The number of rotatable bonds is 1. The molecule has 6 heteroatoms. The minimum absolute atomic E-state index is 0.236. The Morgan fingerprint density at radius 1 is 1.20 bits per heavy atom. The molecule has 0 saturated carbocycles. The summed E-state index contributed by atoms with van der Waals surface area (Å²) < 4.78 is 2.38. The van der Waals surface area contributed by atoms with Crippen molar-refractivity contribution in [1.29, 1.82) is 0 Å². The molecule has 3 rings (SSSR count). The molecule has 0 aliphatic carbocycles. The summed E-state index contributed by atoms with van der Waals surface area (Å²) in [6, 6.07) is 14.9. The number of halogens is 1. The number of carbonyl (C=O) groups excluding carboxylic acids is 1. The van der Waals surface area contributed by atoms with Crippen molar-refractivity contribution in [1.82, 2.24) is 15.0 Å². The maximum Gasteiger partial charge on any atom is 0.350 e. The van der Waals surface area contributed by atoms with Crippen LogP contribution in [0.15, 0.2) is 48.5 Å². The third-order valence-corrected chi connectivity index (χ3v) is 3.69. The molecule has 20 heavy (non-hydrogen) atoms. The van der Waals surface area contributed by atoms with E-state index in [1.54, 1.807) is 11.9 Å². The number of hydrogen-bond acceptors (Lipinski definition) is 3. The molecular weight excluding hydrogens is 367 g/mol. The molecule has 1 amide bonds. The Labute approximate surface area is 129 Å². The number of anilines is 1. The number of amides is 1. The summed E-state index contributed by atoms with van der Waals surface area (Å²) in [6.07, 6.45) is 0. The second-order valence-electron chi connectivity index (χ2n) is 4.31. The van der Waals surface area contributed by atoms with Crippen LogP contribution in [0.3, 0.4) is 0 Å². The lowest BCUT2D eigenvalue weighted by molar-refractivity contribution is 0.246. The molecule has 2 aromatic carbocycles. The van der Waals surface area contributed by atoms with E-state index in [0.717, 1.165) is 9.26 Å². The highest BCUT2D eigenvalue weighted by Crippen LogP contribution is 2.17. The van der Waals surface area contributed by atoms with E-state index in [4.69, 9.17) is 0 Å². The topological polar surface area (TPSA) is 51.0 Å². The van der Waals surface area contributed by atoms with Crippen molar-refractivity contribution in [2.75, 3.05) is 11.9 Å². The molecule has 0 atom stereocenters. The highest BCUT2D eigenvalue weighted by molar-refractivity contribution is 14.1. The average molecular weight is 378 g/mol. The zero-order chi connectivity index (χ0) is 14.1. The summed E-state index contributed by atoms with van der Waals surface area (Å²) >= 11 is 2.20. The van der Waals surface area contributed by atoms with Crippen molar-refractivity contribution in [2.24, 2.45) is 0 Å². The first kappa shape index (κ1) is 13.0. The van der Waals surface area contributed by atoms with E-state index in [1.807, 2.05) is 48.5 Å². The summed E-state index contributed by atoms with van der Waals surface area (Å²) in [4.78, 5) is 14.0. The van der Waals surface area contributed by atoms with E-state index in [1.165, 1.54) is 4.68 Å². The number of fused-ring (bicyclic) bond motifs is 1. The van der Waals surface area contributed by atoms with Crippen LogP contribution in [0.25, 0.3) is 11.0 Å². The van der Waals surface area contributed by atoms with Gasteiger partial charge in [0.2, 0.25) is 0 Å². The quantitative estimate of drug-likeness (QED) is 0.612. The van der Waals surface area contributed by atoms with E-state index >= 15 is 0 Å². The smallest absolute Gasteiger partial charge is 0.296 e. The Hall–Kier alpha value is -1.96. The number of carbonyl (C=O) groups is 1. The van der Waals surface area contributed by atoms with Crippen LogP contribution < -0.4 is 4.90 Å². The van der Waals surface area contributed by atoms with Gasteiger partial charge in [0.15, 0.2) is 0 Å². The zero-order valence-corrected chi connectivity index (χ0v) is 12.9. The van der Waals surface area contributed by atoms with Crippen molar-refractivity contribution in [3.63, 3.8) is 0 Å². The second kappa shape index (κ2) is 5.20. The summed E-state index contributed by atoms with van der Waals surface area (Å²) in [5, 5.41) is 7.99.